The van der Waals surface area contributed by atoms with Crippen molar-refractivity contribution in [3.05, 3.63) is 95.1 Å². The van der Waals surface area contributed by atoms with Crippen LogP contribution in [0.2, 0.25) is 0 Å². The van der Waals surface area contributed by atoms with Crippen molar-refractivity contribution in [3.8, 4) is 0 Å². The van der Waals surface area contributed by atoms with Crippen LogP contribution >= 0.6 is 0 Å². The average molecular weight is 565 g/mol. The average Bonchev–Trinajstić information content (AvgIpc) is 3.39. The molecule has 1 aliphatic heterocycles. The highest BCUT2D eigenvalue weighted by atomic mass is 32.2. The van der Waals surface area contributed by atoms with Gasteiger partial charge in [0.15, 0.2) is 17.2 Å². The first-order valence-electron chi connectivity index (χ1n) is 13.0. The van der Waals surface area contributed by atoms with Crippen LogP contribution in [0.1, 0.15) is 63.9 Å². The van der Waals surface area contributed by atoms with E-state index in [4.69, 9.17) is 5.14 Å². The van der Waals surface area contributed by atoms with Crippen LogP contribution in [0, 0.1) is 5.82 Å². The normalized spacial score (nSPS) is 14.4. The number of benzene rings is 2. The van der Waals surface area contributed by atoms with Crippen molar-refractivity contribution in [1.82, 2.24) is 19.5 Å². The number of hydrogen-bond acceptors (Lipinski definition) is 6. The molecule has 0 radical (unpaired) electrons. The number of ketones is 1. The Morgan fingerprint density at radius 3 is 2.42 bits per heavy atom. The first-order valence-corrected chi connectivity index (χ1v) is 14.5. The number of rotatable bonds is 8. The molecule has 10 nitrogen and oxygen atoms in total. The molecule has 40 heavy (non-hydrogen) atoms. The highest BCUT2D eigenvalue weighted by Gasteiger charge is 2.33. The number of likely N-dealkylation sites (tertiary alicyclic amines) is 1. The minimum Gasteiger partial charge on any atom is -0.338 e. The Labute approximate surface area is 231 Å². The zero-order valence-electron chi connectivity index (χ0n) is 21.9. The van der Waals surface area contributed by atoms with Crippen molar-refractivity contribution in [3.63, 3.8) is 0 Å². The molecule has 0 saturated carbocycles. The van der Waals surface area contributed by atoms with E-state index in [0.717, 1.165) is 21.7 Å². The van der Waals surface area contributed by atoms with Crippen molar-refractivity contribution in [1.29, 1.82) is 0 Å². The number of fused-ring (bicyclic) bond motifs is 1. The van der Waals surface area contributed by atoms with Crippen molar-refractivity contribution >= 4 is 33.4 Å². The summed E-state index contributed by atoms with van der Waals surface area (Å²) in [4.78, 5) is 32.4. The van der Waals surface area contributed by atoms with E-state index in [-0.39, 0.29) is 41.3 Å². The number of piperidine rings is 1. The summed E-state index contributed by atoms with van der Waals surface area (Å²) in [7, 11) is -4.50. The number of amides is 1. The lowest BCUT2D eigenvalue weighted by Gasteiger charge is -2.33. The molecule has 1 amide bonds. The molecule has 0 aliphatic carbocycles. The van der Waals surface area contributed by atoms with Gasteiger partial charge >= 0.3 is 10.2 Å². The lowest BCUT2D eigenvalue weighted by Crippen LogP contribution is -2.42. The number of halogens is 1. The van der Waals surface area contributed by atoms with E-state index in [1.807, 2.05) is 18.2 Å². The maximum atomic E-state index is 14.0. The molecule has 2 N–H and O–H groups in total. The summed E-state index contributed by atoms with van der Waals surface area (Å²) in [6.45, 7) is 2.22. The second-order valence-electron chi connectivity index (χ2n) is 9.72. The molecule has 3 heterocycles. The van der Waals surface area contributed by atoms with Gasteiger partial charge in [-0.2, -0.15) is 18.0 Å². The summed E-state index contributed by atoms with van der Waals surface area (Å²) in [5, 5.41) is 9.91. The molecule has 2 aromatic heterocycles. The quantitative estimate of drug-likeness (QED) is 0.325. The zero-order chi connectivity index (χ0) is 28.4. The standard InChI is InChI=1S/C28H29FN6O4S/c1-2-25(36)23-17-32-35-26(23)31-16-24(27(35)34(40(30,38)39)18-19-7-6-10-22(29)15-19)28(37)33-13-11-21(12-14-33)20-8-4-3-5-9-20/h3-10,15-17,21H,2,11-14,18H2,1H3,(H2,30,38,39). The van der Waals surface area contributed by atoms with Crippen molar-refractivity contribution in [2.75, 3.05) is 17.4 Å². The number of nitrogens with zero attached hydrogens (tertiary/aromatic N) is 5. The number of carbonyl (C=O) groups is 2. The molecule has 0 unspecified atom stereocenters. The second kappa shape index (κ2) is 11.1. The Morgan fingerprint density at radius 2 is 1.77 bits per heavy atom. The van der Waals surface area contributed by atoms with Crippen LogP contribution < -0.4 is 9.44 Å². The monoisotopic (exact) mass is 564 g/mol. The zero-order valence-corrected chi connectivity index (χ0v) is 22.7. The van der Waals surface area contributed by atoms with Crippen LogP contribution in [-0.2, 0) is 16.8 Å². The molecule has 12 heteroatoms. The van der Waals surface area contributed by atoms with E-state index in [1.165, 1.54) is 36.2 Å². The van der Waals surface area contributed by atoms with Crippen LogP contribution in [0.5, 0.6) is 0 Å². The van der Waals surface area contributed by atoms with Gasteiger partial charge in [0.05, 0.1) is 18.3 Å². The SMILES string of the molecule is CCC(=O)c1cnn2c(N(Cc3cccc(F)c3)S(N)(=O)=O)c(C(=O)N3CCC(c4ccccc4)CC3)cnc12. The molecule has 5 rings (SSSR count). The maximum Gasteiger partial charge on any atom is 0.300 e. The second-order valence-corrected chi connectivity index (χ2v) is 11.2. The summed E-state index contributed by atoms with van der Waals surface area (Å²) < 4.78 is 41.9. The van der Waals surface area contributed by atoms with E-state index < -0.39 is 21.9 Å². The van der Waals surface area contributed by atoms with Crippen molar-refractivity contribution in [2.24, 2.45) is 5.14 Å². The summed E-state index contributed by atoms with van der Waals surface area (Å²) >= 11 is 0. The van der Waals surface area contributed by atoms with E-state index in [1.54, 1.807) is 17.9 Å². The molecule has 1 aliphatic rings. The molecule has 1 fully saturated rings. The van der Waals surface area contributed by atoms with Crippen LogP contribution in [0.3, 0.4) is 0 Å². The van der Waals surface area contributed by atoms with Gasteiger partial charge in [-0.3, -0.25) is 9.59 Å². The third-order valence-electron chi connectivity index (χ3n) is 7.16. The van der Waals surface area contributed by atoms with Gasteiger partial charge < -0.3 is 4.90 Å². The first-order chi connectivity index (χ1) is 19.2. The van der Waals surface area contributed by atoms with E-state index in [2.05, 4.69) is 22.2 Å². The van der Waals surface area contributed by atoms with Crippen molar-refractivity contribution in [2.45, 2.75) is 38.6 Å². The van der Waals surface area contributed by atoms with Gasteiger partial charge in [-0.05, 0) is 42.0 Å². The summed E-state index contributed by atoms with van der Waals surface area (Å²) in [5.74, 6) is -1.11. The lowest BCUT2D eigenvalue weighted by atomic mass is 9.89. The highest BCUT2D eigenvalue weighted by molar-refractivity contribution is 7.90. The number of Topliss-reactive ketones (excluding diaryl/α,β-unsaturated/α-hetero) is 1. The van der Waals surface area contributed by atoms with Crippen molar-refractivity contribution < 1.29 is 22.4 Å². The third-order valence-corrected chi connectivity index (χ3v) is 8.08. The lowest BCUT2D eigenvalue weighted by molar-refractivity contribution is 0.0712. The molecule has 2 aromatic carbocycles. The van der Waals surface area contributed by atoms with E-state index >= 15 is 0 Å². The molecule has 4 aromatic rings. The van der Waals surface area contributed by atoms with Gasteiger partial charge in [-0.1, -0.05) is 49.4 Å². The van der Waals surface area contributed by atoms with Gasteiger partial charge in [0.1, 0.15) is 11.4 Å². The van der Waals surface area contributed by atoms with Crippen LogP contribution in [-0.4, -0.2) is 52.7 Å². The fourth-order valence-electron chi connectivity index (χ4n) is 5.09. The largest absolute Gasteiger partial charge is 0.338 e. The molecule has 0 bridgehead atoms. The minimum absolute atomic E-state index is 0.0466. The molecule has 0 atom stereocenters. The number of carbonyl (C=O) groups excluding carboxylic acids is 2. The van der Waals surface area contributed by atoms with Gasteiger partial charge in [0.25, 0.3) is 5.91 Å². The predicted octanol–water partition coefficient (Wildman–Crippen LogP) is 3.69. The van der Waals surface area contributed by atoms with Crippen LogP contribution in [0.4, 0.5) is 10.2 Å². The summed E-state index contributed by atoms with van der Waals surface area (Å²) in [6.07, 6.45) is 4.20. The number of aromatic nitrogens is 3. The van der Waals surface area contributed by atoms with E-state index in [0.29, 0.717) is 24.6 Å². The number of anilines is 1. The Morgan fingerprint density at radius 1 is 1.05 bits per heavy atom. The number of hydrogen-bond donors (Lipinski definition) is 1. The van der Waals surface area contributed by atoms with Gasteiger partial charge in [-0.25, -0.2) is 18.8 Å². The summed E-state index contributed by atoms with van der Waals surface area (Å²) in [5.41, 5.74) is 1.74. The third kappa shape index (κ3) is 5.45. The highest BCUT2D eigenvalue weighted by Crippen LogP contribution is 2.31. The van der Waals surface area contributed by atoms with Crippen LogP contribution in [0.15, 0.2) is 67.0 Å². The Hall–Kier alpha value is -4.16. The van der Waals surface area contributed by atoms with Gasteiger partial charge in [0, 0.05) is 25.7 Å². The fraction of sp³-hybridized carbons (Fsp3) is 0.286. The molecule has 1 saturated heterocycles. The smallest absolute Gasteiger partial charge is 0.300 e. The molecular weight excluding hydrogens is 535 g/mol. The van der Waals surface area contributed by atoms with Crippen LogP contribution in [0.25, 0.3) is 5.65 Å². The molecular formula is C28H29FN6O4S. The fourth-order valence-corrected chi connectivity index (χ4v) is 5.84. The first kappa shape index (κ1) is 27.4. The Kier molecular flexibility index (Phi) is 7.63. The molecule has 0 spiro atoms. The summed E-state index contributed by atoms with van der Waals surface area (Å²) in [6, 6.07) is 15.5. The minimum atomic E-state index is -4.50. The van der Waals surface area contributed by atoms with Gasteiger partial charge in [-0.15, -0.1) is 0 Å². The number of nitrogens with two attached hydrogens (primary N) is 1. The maximum absolute atomic E-state index is 14.0. The van der Waals surface area contributed by atoms with Gasteiger partial charge in [0.2, 0.25) is 0 Å². The predicted molar refractivity (Wildman–Crippen MR) is 148 cm³/mol. The Balaban J connectivity index is 1.57. The van der Waals surface area contributed by atoms with E-state index in [9.17, 15) is 22.4 Å². The topological polar surface area (TPSA) is 131 Å². The Bertz CT molecular complexity index is 1670. The molecule has 208 valence electrons.